The fourth-order valence-corrected chi connectivity index (χ4v) is 5.10. The molecular formula is C27H40N2O5. The summed E-state index contributed by atoms with van der Waals surface area (Å²) >= 11 is 0. The molecule has 1 fully saturated rings. The molecule has 1 amide bonds. The van der Waals surface area contributed by atoms with E-state index in [1.54, 1.807) is 0 Å². The molecule has 0 aromatic heterocycles. The fraction of sp³-hybridized carbons (Fsp3) is 0.630. The van der Waals surface area contributed by atoms with E-state index in [4.69, 9.17) is 9.47 Å². The second kappa shape index (κ2) is 12.8. The van der Waals surface area contributed by atoms with Gasteiger partial charge in [0.15, 0.2) is 11.5 Å². The Hall–Kier alpha value is -2.54. The summed E-state index contributed by atoms with van der Waals surface area (Å²) in [4.78, 5) is 29.9. The van der Waals surface area contributed by atoms with E-state index in [1.807, 2.05) is 36.1 Å². The van der Waals surface area contributed by atoms with Gasteiger partial charge in [0, 0.05) is 31.6 Å². The maximum absolute atomic E-state index is 13.3. The summed E-state index contributed by atoms with van der Waals surface area (Å²) in [6, 6.07) is 5.51. The molecule has 0 radical (unpaired) electrons. The fourth-order valence-electron chi connectivity index (χ4n) is 5.10. The molecule has 2 heterocycles. The zero-order valence-corrected chi connectivity index (χ0v) is 20.9. The number of likely N-dealkylation sites (tertiary alicyclic amines) is 1. The van der Waals surface area contributed by atoms with E-state index >= 15 is 0 Å². The van der Waals surface area contributed by atoms with E-state index in [1.165, 1.54) is 0 Å². The smallest absolute Gasteiger partial charge is 0.308 e. The normalized spacial score (nSPS) is 21.9. The number of carboxylic acids is 1. The van der Waals surface area contributed by atoms with Crippen LogP contribution in [0.5, 0.6) is 11.5 Å². The zero-order chi connectivity index (χ0) is 24.5. The first-order valence-corrected chi connectivity index (χ1v) is 12.7. The number of fused-ring (bicyclic) bond motifs is 1. The Morgan fingerprint density at radius 1 is 1.15 bits per heavy atom. The molecule has 7 nitrogen and oxygen atoms in total. The maximum Gasteiger partial charge on any atom is 0.308 e. The quantitative estimate of drug-likeness (QED) is 0.420. The first-order chi connectivity index (χ1) is 16.5. The minimum absolute atomic E-state index is 0.105. The van der Waals surface area contributed by atoms with Crippen LogP contribution >= 0.6 is 0 Å². The summed E-state index contributed by atoms with van der Waals surface area (Å²) < 4.78 is 11.0. The van der Waals surface area contributed by atoms with Crippen LogP contribution in [0.4, 0.5) is 0 Å². The highest BCUT2D eigenvalue weighted by molar-refractivity contribution is 5.79. The average molecular weight is 473 g/mol. The number of hydrogen-bond acceptors (Lipinski definition) is 5. The maximum atomic E-state index is 13.3. The molecule has 0 bridgehead atoms. The number of allylic oxidation sites excluding steroid dienone is 2. The number of amides is 1. The van der Waals surface area contributed by atoms with Crippen molar-refractivity contribution >= 4 is 11.9 Å². The number of aliphatic carboxylic acids is 1. The topological polar surface area (TPSA) is 79.3 Å². The van der Waals surface area contributed by atoms with Gasteiger partial charge in [0.05, 0.1) is 12.5 Å². The molecule has 1 aromatic carbocycles. The Labute approximate surface area is 203 Å². The average Bonchev–Trinajstić information content (AvgIpc) is 3.43. The summed E-state index contributed by atoms with van der Waals surface area (Å²) in [6.07, 6.45) is 9.61. The minimum atomic E-state index is -0.808. The first-order valence-electron chi connectivity index (χ1n) is 12.7. The van der Waals surface area contributed by atoms with E-state index in [-0.39, 0.29) is 31.2 Å². The van der Waals surface area contributed by atoms with Gasteiger partial charge < -0.3 is 19.5 Å². The number of unbranched alkanes of at least 4 members (excludes halogenated alkanes) is 2. The number of rotatable bonds is 13. The third kappa shape index (κ3) is 6.32. The number of carbonyl (C=O) groups is 2. The summed E-state index contributed by atoms with van der Waals surface area (Å²) in [5.74, 6) is -0.154. The molecule has 2 aliphatic heterocycles. The molecule has 1 N–H and O–H groups in total. The lowest BCUT2D eigenvalue weighted by Gasteiger charge is -2.29. The van der Waals surface area contributed by atoms with Gasteiger partial charge in [0.25, 0.3) is 0 Å². The van der Waals surface area contributed by atoms with Crippen LogP contribution in [-0.2, 0) is 9.59 Å². The van der Waals surface area contributed by atoms with Crippen LogP contribution in [0.25, 0.3) is 0 Å². The Morgan fingerprint density at radius 3 is 2.50 bits per heavy atom. The van der Waals surface area contributed by atoms with Gasteiger partial charge >= 0.3 is 5.97 Å². The Kier molecular flexibility index (Phi) is 9.81. The van der Waals surface area contributed by atoms with Gasteiger partial charge in [-0.2, -0.15) is 0 Å². The van der Waals surface area contributed by atoms with Gasteiger partial charge in [-0.3, -0.25) is 14.5 Å². The summed E-state index contributed by atoms with van der Waals surface area (Å²) in [6.45, 7) is 8.75. The predicted octanol–water partition coefficient (Wildman–Crippen LogP) is 4.67. The Balaban J connectivity index is 1.84. The van der Waals surface area contributed by atoms with Crippen LogP contribution in [0.3, 0.4) is 0 Å². The van der Waals surface area contributed by atoms with Crippen molar-refractivity contribution in [2.75, 3.05) is 33.0 Å². The van der Waals surface area contributed by atoms with Crippen LogP contribution in [-0.4, -0.2) is 65.8 Å². The van der Waals surface area contributed by atoms with E-state index in [9.17, 15) is 14.7 Å². The molecule has 34 heavy (non-hydrogen) atoms. The molecule has 3 rings (SSSR count). The van der Waals surface area contributed by atoms with Gasteiger partial charge in [0.1, 0.15) is 0 Å². The van der Waals surface area contributed by atoms with Crippen molar-refractivity contribution < 1.29 is 24.2 Å². The lowest BCUT2D eigenvalue weighted by molar-refractivity contribution is -0.143. The van der Waals surface area contributed by atoms with Crippen molar-refractivity contribution in [2.24, 2.45) is 5.92 Å². The lowest BCUT2D eigenvalue weighted by Crippen LogP contribution is -2.44. The van der Waals surface area contributed by atoms with Crippen LogP contribution < -0.4 is 9.47 Å². The molecule has 0 saturated carbocycles. The summed E-state index contributed by atoms with van der Waals surface area (Å²) in [5.41, 5.74) is 0.927. The van der Waals surface area contributed by atoms with Gasteiger partial charge in [-0.05, 0) is 50.3 Å². The molecule has 0 aliphatic carbocycles. The summed E-state index contributed by atoms with van der Waals surface area (Å²) in [7, 11) is 0. The number of carbonyl (C=O) groups excluding carboxylic acids is 1. The van der Waals surface area contributed by atoms with Crippen LogP contribution in [0.15, 0.2) is 30.4 Å². The molecule has 188 valence electrons. The number of ether oxygens (including phenoxy) is 2. The van der Waals surface area contributed by atoms with Gasteiger partial charge in [-0.1, -0.05) is 44.9 Å². The van der Waals surface area contributed by atoms with Crippen molar-refractivity contribution in [1.29, 1.82) is 0 Å². The number of nitrogens with zero attached hydrogens (tertiary/aromatic N) is 2. The van der Waals surface area contributed by atoms with E-state index in [0.717, 1.165) is 50.8 Å². The summed E-state index contributed by atoms with van der Waals surface area (Å²) in [5, 5.41) is 10.3. The molecule has 3 atom stereocenters. The standard InChI is InChI=1S/C27H40N2O5/c1-4-7-10-11-22-26(27(31)32)21(20-12-13-23-24(16-20)34-19-33-23)17-29(22)18-25(30)28(14-8-5-2)15-9-6-3/h4,7,12-13,16,21-22,26H,5-6,8-11,14-15,17-19H2,1-3H3,(H,31,32)/b7-4+/t21-,22+,26-/m1/s1. The third-order valence-corrected chi connectivity index (χ3v) is 6.98. The highest BCUT2D eigenvalue weighted by Gasteiger charge is 2.47. The van der Waals surface area contributed by atoms with Crippen molar-refractivity contribution in [3.05, 3.63) is 35.9 Å². The number of carboxylic acid groups (broad SMARTS) is 1. The highest BCUT2D eigenvalue weighted by Crippen LogP contribution is 2.43. The zero-order valence-electron chi connectivity index (χ0n) is 20.9. The van der Waals surface area contributed by atoms with Crippen molar-refractivity contribution in [1.82, 2.24) is 9.80 Å². The molecule has 0 spiro atoms. The number of hydrogen-bond donors (Lipinski definition) is 1. The van der Waals surface area contributed by atoms with Gasteiger partial charge in [-0.15, -0.1) is 0 Å². The van der Waals surface area contributed by atoms with Crippen molar-refractivity contribution in [3.63, 3.8) is 0 Å². The van der Waals surface area contributed by atoms with Crippen molar-refractivity contribution in [2.45, 2.75) is 71.3 Å². The van der Waals surface area contributed by atoms with Gasteiger partial charge in [0.2, 0.25) is 12.7 Å². The monoisotopic (exact) mass is 472 g/mol. The molecule has 0 unspecified atom stereocenters. The molecular weight excluding hydrogens is 432 g/mol. The molecule has 2 aliphatic rings. The Bertz CT molecular complexity index is 847. The SMILES string of the molecule is C/C=C/CC[C@H]1[C@H](C(=O)O)[C@@H](c2ccc3c(c2)OCO3)CN1CC(=O)N(CCCC)CCCC. The molecule has 1 saturated heterocycles. The second-order valence-electron chi connectivity index (χ2n) is 9.31. The van der Waals surface area contributed by atoms with E-state index in [2.05, 4.69) is 24.8 Å². The highest BCUT2D eigenvalue weighted by atomic mass is 16.7. The van der Waals surface area contributed by atoms with Crippen LogP contribution in [0.1, 0.15) is 70.8 Å². The van der Waals surface area contributed by atoms with Crippen molar-refractivity contribution in [3.8, 4) is 11.5 Å². The van der Waals surface area contributed by atoms with E-state index < -0.39 is 11.9 Å². The lowest BCUT2D eigenvalue weighted by atomic mass is 9.83. The van der Waals surface area contributed by atoms with Crippen LogP contribution in [0.2, 0.25) is 0 Å². The molecule has 1 aromatic rings. The molecule has 7 heteroatoms. The number of benzene rings is 1. The predicted molar refractivity (Wildman–Crippen MR) is 132 cm³/mol. The first kappa shape index (κ1) is 26.1. The Morgan fingerprint density at radius 2 is 1.85 bits per heavy atom. The third-order valence-electron chi connectivity index (χ3n) is 6.98. The van der Waals surface area contributed by atoms with E-state index in [0.29, 0.717) is 24.5 Å². The minimum Gasteiger partial charge on any atom is -0.481 e. The van der Waals surface area contributed by atoms with Crippen LogP contribution in [0, 0.1) is 5.92 Å². The second-order valence-corrected chi connectivity index (χ2v) is 9.31. The van der Waals surface area contributed by atoms with Gasteiger partial charge in [-0.25, -0.2) is 0 Å². The largest absolute Gasteiger partial charge is 0.481 e.